The summed E-state index contributed by atoms with van der Waals surface area (Å²) in [5.74, 6) is 0.0715. The molecule has 1 N–H and O–H groups in total. The average Bonchev–Trinajstić information content (AvgIpc) is 2.96. The minimum atomic E-state index is -3.91. The van der Waals surface area contributed by atoms with Crippen molar-refractivity contribution < 1.29 is 27.5 Å². The third-order valence-corrected chi connectivity index (χ3v) is 7.72. The van der Waals surface area contributed by atoms with Gasteiger partial charge in [0.1, 0.15) is 24.1 Å². The van der Waals surface area contributed by atoms with Crippen LogP contribution in [0.5, 0.6) is 11.5 Å². The van der Waals surface area contributed by atoms with E-state index in [0.29, 0.717) is 18.0 Å². The minimum absolute atomic E-state index is 0.0651. The van der Waals surface area contributed by atoms with Gasteiger partial charge < -0.3 is 19.7 Å². The van der Waals surface area contributed by atoms with Gasteiger partial charge in [0.25, 0.3) is 0 Å². The number of nitrogens with one attached hydrogen (secondary N) is 1. The Hall–Kier alpha value is -4.05. The molecule has 0 aliphatic heterocycles. The molecule has 1 unspecified atom stereocenters. The van der Waals surface area contributed by atoms with Gasteiger partial charge in [0, 0.05) is 19.5 Å². The Morgan fingerprint density at radius 1 is 0.927 bits per heavy atom. The van der Waals surface area contributed by atoms with E-state index in [1.807, 2.05) is 50.2 Å². The third kappa shape index (κ3) is 8.72. The molecule has 2 amide bonds. The fourth-order valence-corrected chi connectivity index (χ4v) is 5.32. The van der Waals surface area contributed by atoms with Crippen LogP contribution in [-0.2, 0) is 32.6 Å². The lowest BCUT2D eigenvalue weighted by Crippen LogP contribution is -2.53. The number of hydrogen-bond donors (Lipinski definition) is 1. The number of benzene rings is 3. The first-order valence-electron chi connectivity index (χ1n) is 13.4. The number of nitrogens with zero attached hydrogens (tertiary/aromatic N) is 2. The van der Waals surface area contributed by atoms with Gasteiger partial charge in [-0.2, -0.15) is 0 Å². The molecule has 10 heteroatoms. The maximum Gasteiger partial charge on any atom is 0.244 e. The fourth-order valence-electron chi connectivity index (χ4n) is 4.48. The zero-order valence-corrected chi connectivity index (χ0v) is 25.1. The molecule has 0 saturated carbocycles. The largest absolute Gasteiger partial charge is 0.497 e. The number of ether oxygens (including phenoxy) is 2. The normalized spacial score (nSPS) is 11.8. The molecular formula is C31H39N3O6S. The summed E-state index contributed by atoms with van der Waals surface area (Å²) in [7, 11) is -0.916. The molecule has 9 nitrogen and oxygen atoms in total. The minimum Gasteiger partial charge on any atom is -0.497 e. The predicted octanol–water partition coefficient (Wildman–Crippen LogP) is 3.94. The van der Waals surface area contributed by atoms with E-state index in [1.165, 1.54) is 12.0 Å². The molecule has 0 aromatic heterocycles. The molecule has 0 aliphatic rings. The molecule has 0 bridgehead atoms. The lowest BCUT2D eigenvalue weighted by atomic mass is 10.0. The van der Waals surface area contributed by atoms with Gasteiger partial charge >= 0.3 is 0 Å². The van der Waals surface area contributed by atoms with Crippen molar-refractivity contribution in [2.24, 2.45) is 0 Å². The van der Waals surface area contributed by atoms with Gasteiger partial charge in [0.2, 0.25) is 21.8 Å². The second kappa shape index (κ2) is 14.5. The molecule has 1 atom stereocenters. The van der Waals surface area contributed by atoms with Crippen LogP contribution in [0.2, 0.25) is 0 Å². The number of carbonyl (C=O) groups is 2. The zero-order chi connectivity index (χ0) is 30.0. The predicted molar refractivity (Wildman–Crippen MR) is 161 cm³/mol. The van der Waals surface area contributed by atoms with E-state index >= 15 is 0 Å². The van der Waals surface area contributed by atoms with Crippen LogP contribution >= 0.6 is 0 Å². The quantitative estimate of drug-likeness (QED) is 0.309. The van der Waals surface area contributed by atoms with Crippen LogP contribution < -0.4 is 19.1 Å². The molecule has 3 aromatic carbocycles. The lowest BCUT2D eigenvalue weighted by molar-refractivity contribution is -0.140. The summed E-state index contributed by atoms with van der Waals surface area (Å²) in [6.07, 6.45) is 2.02. The molecule has 0 spiro atoms. The number of aryl methyl sites for hydroxylation is 1. The van der Waals surface area contributed by atoms with Crippen molar-refractivity contribution in [2.45, 2.75) is 39.3 Å². The Bertz CT molecular complexity index is 1430. The molecule has 0 saturated heterocycles. The first-order valence-corrected chi connectivity index (χ1v) is 15.3. The summed E-state index contributed by atoms with van der Waals surface area (Å²) < 4.78 is 37.9. The Morgan fingerprint density at radius 2 is 1.63 bits per heavy atom. The van der Waals surface area contributed by atoms with Crippen molar-refractivity contribution in [3.63, 3.8) is 0 Å². The van der Waals surface area contributed by atoms with Crippen molar-refractivity contribution >= 4 is 27.5 Å². The van der Waals surface area contributed by atoms with Crippen molar-refractivity contribution in [3.8, 4) is 11.5 Å². The van der Waals surface area contributed by atoms with E-state index in [4.69, 9.17) is 9.47 Å². The van der Waals surface area contributed by atoms with Gasteiger partial charge in [-0.05, 0) is 54.3 Å². The van der Waals surface area contributed by atoms with Crippen LogP contribution in [0.3, 0.4) is 0 Å². The van der Waals surface area contributed by atoms with Crippen LogP contribution in [0.25, 0.3) is 0 Å². The first kappa shape index (κ1) is 31.5. The van der Waals surface area contributed by atoms with Crippen LogP contribution in [0.4, 0.5) is 5.69 Å². The van der Waals surface area contributed by atoms with Crippen LogP contribution in [-0.4, -0.2) is 64.7 Å². The second-order valence-corrected chi connectivity index (χ2v) is 11.7. The van der Waals surface area contributed by atoms with E-state index in [9.17, 15) is 18.0 Å². The van der Waals surface area contributed by atoms with Crippen molar-refractivity contribution in [2.75, 3.05) is 37.9 Å². The fraction of sp³-hybridized carbons (Fsp3) is 0.355. The van der Waals surface area contributed by atoms with E-state index < -0.39 is 28.5 Å². The summed E-state index contributed by atoms with van der Waals surface area (Å²) in [6, 6.07) is 20.9. The van der Waals surface area contributed by atoms with Crippen molar-refractivity contribution in [1.29, 1.82) is 0 Å². The molecule has 0 radical (unpaired) electrons. The highest BCUT2D eigenvalue weighted by Crippen LogP contribution is 2.31. The Labute approximate surface area is 243 Å². The summed E-state index contributed by atoms with van der Waals surface area (Å²) in [4.78, 5) is 29.2. The third-order valence-electron chi connectivity index (χ3n) is 6.59. The van der Waals surface area contributed by atoms with Gasteiger partial charge in [0.15, 0.2) is 0 Å². The van der Waals surface area contributed by atoms with Crippen LogP contribution in [0.1, 0.15) is 30.0 Å². The molecule has 0 aliphatic carbocycles. The molecule has 3 aromatic rings. The lowest BCUT2D eigenvalue weighted by Gasteiger charge is -2.34. The van der Waals surface area contributed by atoms with E-state index in [-0.39, 0.29) is 24.6 Å². The van der Waals surface area contributed by atoms with Gasteiger partial charge in [0.05, 0.1) is 26.2 Å². The topological polar surface area (TPSA) is 105 Å². The second-order valence-electron chi connectivity index (χ2n) is 9.81. The number of anilines is 1. The molecular weight excluding hydrogens is 542 g/mol. The van der Waals surface area contributed by atoms with Gasteiger partial charge in [-0.3, -0.25) is 13.9 Å². The van der Waals surface area contributed by atoms with E-state index in [0.717, 1.165) is 33.7 Å². The summed E-state index contributed by atoms with van der Waals surface area (Å²) >= 11 is 0. The number of hydrogen-bond acceptors (Lipinski definition) is 6. The summed E-state index contributed by atoms with van der Waals surface area (Å²) in [6.45, 7) is 3.77. The molecule has 220 valence electrons. The Kier molecular flexibility index (Phi) is 11.2. The van der Waals surface area contributed by atoms with Crippen LogP contribution in [0, 0.1) is 6.92 Å². The zero-order valence-electron chi connectivity index (χ0n) is 24.3. The first-order chi connectivity index (χ1) is 19.6. The summed E-state index contributed by atoms with van der Waals surface area (Å²) in [5, 5.41) is 2.93. The highest BCUT2D eigenvalue weighted by molar-refractivity contribution is 7.92. The smallest absolute Gasteiger partial charge is 0.244 e. The van der Waals surface area contributed by atoms with Crippen LogP contribution in [0.15, 0.2) is 72.8 Å². The highest BCUT2D eigenvalue weighted by Gasteiger charge is 2.33. The average molecular weight is 582 g/mol. The highest BCUT2D eigenvalue weighted by atomic mass is 32.2. The number of methoxy groups -OCH3 is 2. The molecule has 0 fully saturated rings. The maximum atomic E-state index is 14.2. The molecule has 0 heterocycles. The molecule has 41 heavy (non-hydrogen) atoms. The number of sulfonamides is 1. The number of rotatable bonds is 14. The molecule has 3 rings (SSSR count). The monoisotopic (exact) mass is 581 g/mol. The summed E-state index contributed by atoms with van der Waals surface area (Å²) in [5.41, 5.74) is 2.65. The van der Waals surface area contributed by atoms with E-state index in [1.54, 1.807) is 43.5 Å². The van der Waals surface area contributed by atoms with E-state index in [2.05, 4.69) is 5.32 Å². The SMILES string of the molecule is CCCNC(=O)C(Cc1ccccc1)N(Cc1cccc(OC)c1)C(=O)CN(c1cc(C)ccc1OC)S(C)(=O)=O. The Morgan fingerprint density at radius 3 is 2.27 bits per heavy atom. The maximum absolute atomic E-state index is 14.2. The number of amides is 2. The van der Waals surface area contributed by atoms with Gasteiger partial charge in [-0.15, -0.1) is 0 Å². The Balaban J connectivity index is 2.10. The van der Waals surface area contributed by atoms with Crippen molar-refractivity contribution in [3.05, 3.63) is 89.5 Å². The van der Waals surface area contributed by atoms with Crippen molar-refractivity contribution in [1.82, 2.24) is 10.2 Å². The number of carbonyl (C=O) groups excluding carboxylic acids is 2. The standard InChI is InChI=1S/C31H39N3O6S/c1-6-17-32-31(36)28(20-24-11-8-7-9-12-24)33(21-25-13-10-14-26(19-25)39-3)30(35)22-34(41(5,37)38)27-18-23(2)15-16-29(27)40-4/h7-16,18-19,28H,6,17,20-22H2,1-5H3,(H,32,36). The van der Waals surface area contributed by atoms with Gasteiger partial charge in [-0.1, -0.05) is 55.5 Å². The van der Waals surface area contributed by atoms with Gasteiger partial charge in [-0.25, -0.2) is 8.42 Å².